The lowest BCUT2D eigenvalue weighted by atomic mass is 10.0. The highest BCUT2D eigenvalue weighted by Crippen LogP contribution is 2.26. The number of halogens is 1. The molecule has 1 aromatic rings. The van der Waals surface area contributed by atoms with Gasteiger partial charge in [-0.25, -0.2) is 0 Å². The fourth-order valence-corrected chi connectivity index (χ4v) is 1.78. The first kappa shape index (κ1) is 11.0. The van der Waals surface area contributed by atoms with E-state index in [-0.39, 0.29) is 6.67 Å². The molecule has 0 saturated carbocycles. The number of hydrogen-bond acceptors (Lipinski definition) is 1. The predicted octanol–water partition coefficient (Wildman–Crippen LogP) is 3.21. The number of benzene rings is 1. The molecule has 0 amide bonds. The van der Waals surface area contributed by atoms with Crippen LogP contribution in [0.2, 0.25) is 0 Å². The van der Waals surface area contributed by atoms with E-state index in [1.807, 2.05) is 13.8 Å². The molecule has 2 heteroatoms. The molecule has 0 unspecified atom stereocenters. The van der Waals surface area contributed by atoms with Crippen molar-refractivity contribution in [2.24, 2.45) is 0 Å². The Balaban J connectivity index is 2.99. The first-order chi connectivity index (χ1) is 6.69. The molecule has 0 N–H and O–H groups in total. The summed E-state index contributed by atoms with van der Waals surface area (Å²) in [6.07, 6.45) is 1.32. The van der Waals surface area contributed by atoms with Crippen molar-refractivity contribution in [3.63, 3.8) is 0 Å². The summed E-state index contributed by atoms with van der Waals surface area (Å²) in [6, 6.07) is 4.15. The molecule has 0 bridgehead atoms. The van der Waals surface area contributed by atoms with E-state index < -0.39 is 0 Å². The van der Waals surface area contributed by atoms with Crippen LogP contribution >= 0.6 is 0 Å². The van der Waals surface area contributed by atoms with Crippen molar-refractivity contribution < 1.29 is 9.13 Å². The number of alkyl halides is 1. The Morgan fingerprint density at radius 1 is 1.29 bits per heavy atom. The first-order valence-corrected chi connectivity index (χ1v) is 4.89. The Hall–Kier alpha value is -1.05. The van der Waals surface area contributed by atoms with Gasteiger partial charge in [0, 0.05) is 0 Å². The van der Waals surface area contributed by atoms with E-state index in [4.69, 9.17) is 4.74 Å². The zero-order valence-corrected chi connectivity index (χ0v) is 9.06. The van der Waals surface area contributed by atoms with Crippen molar-refractivity contribution in [2.75, 3.05) is 13.8 Å². The molecular formula is C12H17FO. The van der Waals surface area contributed by atoms with Gasteiger partial charge in [0.15, 0.2) is 0 Å². The minimum atomic E-state index is -0.268. The zero-order chi connectivity index (χ0) is 10.6. The van der Waals surface area contributed by atoms with Crippen LogP contribution in [0, 0.1) is 13.8 Å². The minimum Gasteiger partial charge on any atom is -0.496 e. The summed E-state index contributed by atoms with van der Waals surface area (Å²) in [5, 5.41) is 0. The van der Waals surface area contributed by atoms with Gasteiger partial charge in [-0.05, 0) is 37.8 Å². The summed E-state index contributed by atoms with van der Waals surface area (Å²) in [6.45, 7) is 3.80. The molecule has 0 aliphatic carbocycles. The van der Waals surface area contributed by atoms with Crippen LogP contribution in [0.4, 0.5) is 4.39 Å². The molecule has 1 rings (SSSR count). The first-order valence-electron chi connectivity index (χ1n) is 4.89. The number of hydrogen-bond donors (Lipinski definition) is 0. The second-order valence-electron chi connectivity index (χ2n) is 3.57. The van der Waals surface area contributed by atoms with Gasteiger partial charge in [-0.1, -0.05) is 17.7 Å². The van der Waals surface area contributed by atoms with Crippen molar-refractivity contribution in [1.29, 1.82) is 0 Å². The fourth-order valence-electron chi connectivity index (χ4n) is 1.78. The fraction of sp³-hybridized carbons (Fsp3) is 0.500. The van der Waals surface area contributed by atoms with E-state index in [9.17, 15) is 4.39 Å². The molecule has 1 aromatic carbocycles. The maximum Gasteiger partial charge on any atom is 0.124 e. The molecular weight excluding hydrogens is 179 g/mol. The highest BCUT2D eigenvalue weighted by Gasteiger charge is 2.06. The molecule has 0 spiro atoms. The highest BCUT2D eigenvalue weighted by atomic mass is 19.1. The maximum atomic E-state index is 12.1. The van der Waals surface area contributed by atoms with Crippen molar-refractivity contribution in [3.8, 4) is 5.75 Å². The quantitative estimate of drug-likeness (QED) is 0.718. The largest absolute Gasteiger partial charge is 0.496 e. The summed E-state index contributed by atoms with van der Waals surface area (Å²) < 4.78 is 17.4. The van der Waals surface area contributed by atoms with Crippen molar-refractivity contribution >= 4 is 0 Å². The van der Waals surface area contributed by atoms with Gasteiger partial charge in [0.25, 0.3) is 0 Å². The molecule has 0 radical (unpaired) electrons. The third-order valence-electron chi connectivity index (χ3n) is 2.28. The lowest BCUT2D eigenvalue weighted by Gasteiger charge is -2.12. The summed E-state index contributed by atoms with van der Waals surface area (Å²) >= 11 is 0. The zero-order valence-electron chi connectivity index (χ0n) is 9.06. The predicted molar refractivity (Wildman–Crippen MR) is 56.8 cm³/mol. The molecule has 0 atom stereocenters. The molecule has 0 aliphatic heterocycles. The Morgan fingerprint density at radius 2 is 2.00 bits per heavy atom. The molecule has 14 heavy (non-hydrogen) atoms. The lowest BCUT2D eigenvalue weighted by Crippen LogP contribution is -1.97. The van der Waals surface area contributed by atoms with Crippen LogP contribution in [-0.2, 0) is 6.42 Å². The van der Waals surface area contributed by atoms with Gasteiger partial charge in [-0.15, -0.1) is 0 Å². The molecule has 0 heterocycles. The Morgan fingerprint density at radius 3 is 2.57 bits per heavy atom. The van der Waals surface area contributed by atoms with Gasteiger partial charge < -0.3 is 4.74 Å². The van der Waals surface area contributed by atoms with E-state index in [1.165, 1.54) is 5.56 Å². The molecule has 0 fully saturated rings. The molecule has 0 saturated heterocycles. The van der Waals surface area contributed by atoms with Crippen molar-refractivity contribution in [2.45, 2.75) is 26.7 Å². The number of methoxy groups -OCH3 is 1. The maximum absolute atomic E-state index is 12.1. The van der Waals surface area contributed by atoms with Gasteiger partial charge in [0.1, 0.15) is 5.75 Å². The summed E-state index contributed by atoms with van der Waals surface area (Å²) in [5.74, 6) is 0.907. The highest BCUT2D eigenvalue weighted by molar-refractivity contribution is 5.43. The Bertz CT molecular complexity index is 307. The van der Waals surface area contributed by atoms with Crippen LogP contribution in [-0.4, -0.2) is 13.8 Å². The molecule has 0 aromatic heterocycles. The lowest BCUT2D eigenvalue weighted by molar-refractivity contribution is 0.403. The van der Waals surface area contributed by atoms with Gasteiger partial charge in [0.05, 0.1) is 13.8 Å². The standard InChI is InChI=1S/C12H17FO/c1-9-7-10(2)12(14-3)11(8-9)5-4-6-13/h7-8H,4-6H2,1-3H3. The second-order valence-corrected chi connectivity index (χ2v) is 3.57. The van der Waals surface area contributed by atoms with Crippen LogP contribution in [0.15, 0.2) is 12.1 Å². The topological polar surface area (TPSA) is 9.23 Å². The van der Waals surface area contributed by atoms with E-state index in [2.05, 4.69) is 12.1 Å². The van der Waals surface area contributed by atoms with Crippen LogP contribution in [0.1, 0.15) is 23.1 Å². The molecule has 78 valence electrons. The van der Waals surface area contributed by atoms with Crippen molar-refractivity contribution in [3.05, 3.63) is 28.8 Å². The summed E-state index contributed by atoms with van der Waals surface area (Å²) in [4.78, 5) is 0. The smallest absolute Gasteiger partial charge is 0.124 e. The van der Waals surface area contributed by atoms with Gasteiger partial charge >= 0.3 is 0 Å². The van der Waals surface area contributed by atoms with E-state index in [0.717, 1.165) is 23.3 Å². The summed E-state index contributed by atoms with van der Waals surface area (Å²) in [7, 11) is 1.66. The van der Waals surface area contributed by atoms with Gasteiger partial charge in [0.2, 0.25) is 0 Å². The van der Waals surface area contributed by atoms with Crippen LogP contribution in [0.5, 0.6) is 5.75 Å². The van der Waals surface area contributed by atoms with Crippen LogP contribution < -0.4 is 4.74 Å². The molecule has 1 nitrogen and oxygen atoms in total. The van der Waals surface area contributed by atoms with Crippen molar-refractivity contribution in [1.82, 2.24) is 0 Å². The van der Waals surface area contributed by atoms with Crippen LogP contribution in [0.3, 0.4) is 0 Å². The van der Waals surface area contributed by atoms with Crippen LogP contribution in [0.25, 0.3) is 0 Å². The average Bonchev–Trinajstić information content (AvgIpc) is 2.14. The summed E-state index contributed by atoms with van der Waals surface area (Å²) in [5.41, 5.74) is 3.45. The Kier molecular flexibility index (Phi) is 3.93. The minimum absolute atomic E-state index is 0.268. The van der Waals surface area contributed by atoms with Gasteiger partial charge in [-0.3, -0.25) is 4.39 Å². The van der Waals surface area contributed by atoms with E-state index in [0.29, 0.717) is 6.42 Å². The number of rotatable bonds is 4. The normalized spacial score (nSPS) is 10.3. The third-order valence-corrected chi connectivity index (χ3v) is 2.28. The number of aryl methyl sites for hydroxylation is 3. The SMILES string of the molecule is COc1c(C)cc(C)cc1CCCF. The second kappa shape index (κ2) is 4.99. The molecule has 0 aliphatic rings. The monoisotopic (exact) mass is 196 g/mol. The third kappa shape index (κ3) is 2.47. The number of ether oxygens (including phenoxy) is 1. The van der Waals surface area contributed by atoms with E-state index in [1.54, 1.807) is 7.11 Å². The Labute approximate surface area is 84.9 Å². The average molecular weight is 196 g/mol. The van der Waals surface area contributed by atoms with E-state index >= 15 is 0 Å². The van der Waals surface area contributed by atoms with Gasteiger partial charge in [-0.2, -0.15) is 0 Å².